The standard InChI is InChI=1S/C15H20N2O3/c1-10-5-3-6-11(2)13(10)17-15(19)14(18)16-9-12-7-4-8-20-12/h3,5-6,12H,4,7-9H2,1-2H3,(H,16,18)(H,17,19)/t12-/m0/s1. The van der Waals surface area contributed by atoms with Crippen molar-refractivity contribution in [1.29, 1.82) is 0 Å². The first-order chi connectivity index (χ1) is 9.58. The Labute approximate surface area is 118 Å². The smallest absolute Gasteiger partial charge is 0.313 e. The van der Waals surface area contributed by atoms with E-state index < -0.39 is 11.8 Å². The molecule has 5 heteroatoms. The molecule has 1 aliphatic heterocycles. The van der Waals surface area contributed by atoms with Gasteiger partial charge in [0.15, 0.2) is 0 Å². The zero-order chi connectivity index (χ0) is 14.5. The topological polar surface area (TPSA) is 67.4 Å². The van der Waals surface area contributed by atoms with Gasteiger partial charge < -0.3 is 15.4 Å². The zero-order valence-electron chi connectivity index (χ0n) is 11.9. The number of anilines is 1. The fourth-order valence-corrected chi connectivity index (χ4v) is 2.27. The van der Waals surface area contributed by atoms with E-state index in [0.29, 0.717) is 12.2 Å². The van der Waals surface area contributed by atoms with Crippen molar-refractivity contribution in [1.82, 2.24) is 5.32 Å². The Kier molecular flexibility index (Phi) is 4.74. The molecule has 0 unspecified atom stereocenters. The highest BCUT2D eigenvalue weighted by molar-refractivity contribution is 6.39. The molecule has 1 fully saturated rings. The van der Waals surface area contributed by atoms with Crippen molar-refractivity contribution in [2.45, 2.75) is 32.8 Å². The van der Waals surface area contributed by atoms with E-state index in [1.165, 1.54) is 0 Å². The summed E-state index contributed by atoms with van der Waals surface area (Å²) in [6, 6.07) is 5.71. The summed E-state index contributed by atoms with van der Waals surface area (Å²) in [6.07, 6.45) is 1.97. The van der Waals surface area contributed by atoms with E-state index >= 15 is 0 Å². The van der Waals surface area contributed by atoms with Crippen LogP contribution in [0.25, 0.3) is 0 Å². The number of aryl methyl sites for hydroxylation is 2. The molecule has 20 heavy (non-hydrogen) atoms. The number of hydrogen-bond donors (Lipinski definition) is 2. The summed E-state index contributed by atoms with van der Waals surface area (Å²) in [4.78, 5) is 23.6. The van der Waals surface area contributed by atoms with Crippen molar-refractivity contribution >= 4 is 17.5 Å². The van der Waals surface area contributed by atoms with Gasteiger partial charge in [-0.05, 0) is 37.8 Å². The molecule has 2 N–H and O–H groups in total. The Morgan fingerprint density at radius 2 is 1.95 bits per heavy atom. The molecule has 1 atom stereocenters. The van der Waals surface area contributed by atoms with Crippen molar-refractivity contribution < 1.29 is 14.3 Å². The molecule has 2 rings (SSSR count). The van der Waals surface area contributed by atoms with Gasteiger partial charge in [-0.25, -0.2) is 0 Å². The Morgan fingerprint density at radius 3 is 2.55 bits per heavy atom. The Balaban J connectivity index is 1.89. The molecule has 0 bridgehead atoms. The second kappa shape index (κ2) is 6.52. The molecule has 1 saturated heterocycles. The highest BCUT2D eigenvalue weighted by Crippen LogP contribution is 2.19. The molecular weight excluding hydrogens is 256 g/mol. The molecule has 0 saturated carbocycles. The maximum absolute atomic E-state index is 11.9. The number of rotatable bonds is 3. The van der Waals surface area contributed by atoms with Crippen LogP contribution in [-0.2, 0) is 14.3 Å². The molecule has 0 aromatic heterocycles. The summed E-state index contributed by atoms with van der Waals surface area (Å²) in [7, 11) is 0. The molecule has 1 heterocycles. The van der Waals surface area contributed by atoms with Crippen LogP contribution in [0.4, 0.5) is 5.69 Å². The van der Waals surface area contributed by atoms with Gasteiger partial charge in [-0.15, -0.1) is 0 Å². The quantitative estimate of drug-likeness (QED) is 0.823. The van der Waals surface area contributed by atoms with Gasteiger partial charge in [0.05, 0.1) is 6.10 Å². The summed E-state index contributed by atoms with van der Waals surface area (Å²) >= 11 is 0. The highest BCUT2D eigenvalue weighted by atomic mass is 16.5. The maximum atomic E-state index is 11.9. The molecule has 0 aliphatic carbocycles. The van der Waals surface area contributed by atoms with Gasteiger partial charge in [0, 0.05) is 18.8 Å². The van der Waals surface area contributed by atoms with Crippen LogP contribution in [0.2, 0.25) is 0 Å². The number of carbonyl (C=O) groups is 2. The SMILES string of the molecule is Cc1cccc(C)c1NC(=O)C(=O)NC[C@@H]1CCCO1. The third-order valence-corrected chi connectivity index (χ3v) is 3.44. The lowest BCUT2D eigenvalue weighted by Crippen LogP contribution is -2.39. The van der Waals surface area contributed by atoms with Crippen LogP contribution in [0.3, 0.4) is 0 Å². The predicted octanol–water partition coefficient (Wildman–Crippen LogP) is 1.54. The molecule has 1 aromatic rings. The lowest BCUT2D eigenvalue weighted by molar-refractivity contribution is -0.136. The third-order valence-electron chi connectivity index (χ3n) is 3.44. The molecule has 5 nitrogen and oxygen atoms in total. The number of para-hydroxylation sites is 1. The lowest BCUT2D eigenvalue weighted by atomic mass is 10.1. The van der Waals surface area contributed by atoms with Crippen molar-refractivity contribution in [3.63, 3.8) is 0 Å². The van der Waals surface area contributed by atoms with Crippen LogP contribution in [0.5, 0.6) is 0 Å². The largest absolute Gasteiger partial charge is 0.376 e. The average molecular weight is 276 g/mol. The highest BCUT2D eigenvalue weighted by Gasteiger charge is 2.20. The van der Waals surface area contributed by atoms with E-state index in [1.54, 1.807) is 0 Å². The van der Waals surface area contributed by atoms with Crippen molar-refractivity contribution in [2.24, 2.45) is 0 Å². The number of hydrogen-bond acceptors (Lipinski definition) is 3. The van der Waals surface area contributed by atoms with Crippen LogP contribution in [-0.4, -0.2) is 31.1 Å². The number of ether oxygens (including phenoxy) is 1. The van der Waals surface area contributed by atoms with E-state index in [1.807, 2.05) is 32.0 Å². The summed E-state index contributed by atoms with van der Waals surface area (Å²) in [5, 5.41) is 5.27. The fourth-order valence-electron chi connectivity index (χ4n) is 2.27. The minimum absolute atomic E-state index is 0.0342. The molecule has 0 radical (unpaired) electrons. The summed E-state index contributed by atoms with van der Waals surface area (Å²) in [5.74, 6) is -1.26. The first kappa shape index (κ1) is 14.5. The van der Waals surface area contributed by atoms with Crippen LogP contribution in [0, 0.1) is 13.8 Å². The minimum Gasteiger partial charge on any atom is -0.376 e. The van der Waals surface area contributed by atoms with E-state index in [9.17, 15) is 9.59 Å². The second-order valence-corrected chi connectivity index (χ2v) is 5.07. The molecule has 2 amide bonds. The summed E-state index contributed by atoms with van der Waals surface area (Å²) < 4.78 is 5.39. The normalized spacial score (nSPS) is 17.8. The zero-order valence-corrected chi connectivity index (χ0v) is 11.9. The molecule has 108 valence electrons. The van der Waals surface area contributed by atoms with Crippen molar-refractivity contribution in [3.8, 4) is 0 Å². The average Bonchev–Trinajstić information content (AvgIpc) is 2.93. The molecular formula is C15H20N2O3. The number of benzene rings is 1. The number of nitrogens with one attached hydrogen (secondary N) is 2. The first-order valence-corrected chi connectivity index (χ1v) is 6.85. The van der Waals surface area contributed by atoms with Gasteiger partial charge in [-0.3, -0.25) is 9.59 Å². The van der Waals surface area contributed by atoms with Gasteiger partial charge in [-0.1, -0.05) is 18.2 Å². The van der Waals surface area contributed by atoms with E-state index in [0.717, 1.165) is 30.6 Å². The first-order valence-electron chi connectivity index (χ1n) is 6.85. The Morgan fingerprint density at radius 1 is 1.25 bits per heavy atom. The fraction of sp³-hybridized carbons (Fsp3) is 0.467. The van der Waals surface area contributed by atoms with Gasteiger partial charge >= 0.3 is 11.8 Å². The Hall–Kier alpha value is -1.88. The van der Waals surface area contributed by atoms with Crippen LogP contribution in [0.15, 0.2) is 18.2 Å². The van der Waals surface area contributed by atoms with Gasteiger partial charge in [0.2, 0.25) is 0 Å². The van der Waals surface area contributed by atoms with E-state index in [4.69, 9.17) is 4.74 Å². The van der Waals surface area contributed by atoms with E-state index in [2.05, 4.69) is 10.6 Å². The minimum atomic E-state index is -0.639. The third kappa shape index (κ3) is 3.57. The summed E-state index contributed by atoms with van der Waals surface area (Å²) in [6.45, 7) is 4.91. The number of amides is 2. The lowest BCUT2D eigenvalue weighted by Gasteiger charge is -2.13. The second-order valence-electron chi connectivity index (χ2n) is 5.07. The van der Waals surface area contributed by atoms with Crippen molar-refractivity contribution in [2.75, 3.05) is 18.5 Å². The van der Waals surface area contributed by atoms with Crippen LogP contribution >= 0.6 is 0 Å². The molecule has 0 spiro atoms. The van der Waals surface area contributed by atoms with Gasteiger partial charge in [0.25, 0.3) is 0 Å². The van der Waals surface area contributed by atoms with Crippen molar-refractivity contribution in [3.05, 3.63) is 29.3 Å². The van der Waals surface area contributed by atoms with Gasteiger partial charge in [-0.2, -0.15) is 0 Å². The monoisotopic (exact) mass is 276 g/mol. The van der Waals surface area contributed by atoms with E-state index in [-0.39, 0.29) is 6.10 Å². The summed E-state index contributed by atoms with van der Waals surface area (Å²) in [5.41, 5.74) is 2.57. The molecule has 1 aliphatic rings. The van der Waals surface area contributed by atoms with Gasteiger partial charge in [0.1, 0.15) is 0 Å². The van der Waals surface area contributed by atoms with Crippen LogP contribution < -0.4 is 10.6 Å². The number of carbonyl (C=O) groups excluding carboxylic acids is 2. The predicted molar refractivity (Wildman–Crippen MR) is 76.5 cm³/mol. The molecule has 1 aromatic carbocycles. The Bertz CT molecular complexity index is 488. The maximum Gasteiger partial charge on any atom is 0.313 e. The van der Waals surface area contributed by atoms with Crippen LogP contribution in [0.1, 0.15) is 24.0 Å².